The van der Waals surface area contributed by atoms with Crippen LogP contribution in [-0.4, -0.2) is 33.2 Å². The van der Waals surface area contributed by atoms with Crippen molar-refractivity contribution in [1.29, 1.82) is 0 Å². The fourth-order valence-electron chi connectivity index (χ4n) is 2.82. The molecule has 2 aromatic rings. The Morgan fingerprint density at radius 1 is 1.15 bits per heavy atom. The molecular formula is C20H25FN2O3S. The second-order valence-corrected chi connectivity index (χ2v) is 8.43. The van der Waals surface area contributed by atoms with E-state index in [1.165, 1.54) is 42.3 Å². The summed E-state index contributed by atoms with van der Waals surface area (Å²) in [6, 6.07) is 12.6. The molecule has 0 radical (unpaired) electrons. The van der Waals surface area contributed by atoms with Crippen LogP contribution < -0.4 is 9.62 Å². The molecule has 0 aliphatic carbocycles. The standard InChI is InChI=1S/C20H25FN2O3S/c1-15-10-12-17(13-11-15)7-6-14-22-20(24)16(2)23(27(3,25)26)19-9-5-4-8-18(19)21/h4-5,8-13,16H,6-7,14H2,1-3H3,(H,22,24). The van der Waals surface area contributed by atoms with Gasteiger partial charge in [0, 0.05) is 6.54 Å². The van der Waals surface area contributed by atoms with Crippen LogP contribution in [0.4, 0.5) is 10.1 Å². The van der Waals surface area contributed by atoms with Gasteiger partial charge in [0.15, 0.2) is 0 Å². The van der Waals surface area contributed by atoms with E-state index in [4.69, 9.17) is 0 Å². The number of nitrogens with one attached hydrogen (secondary N) is 1. The molecule has 0 spiro atoms. The molecule has 146 valence electrons. The minimum Gasteiger partial charge on any atom is -0.354 e. The van der Waals surface area contributed by atoms with Gasteiger partial charge in [-0.3, -0.25) is 9.10 Å². The average molecular weight is 392 g/mol. The monoisotopic (exact) mass is 392 g/mol. The quantitative estimate of drug-likeness (QED) is 0.702. The largest absolute Gasteiger partial charge is 0.354 e. The third kappa shape index (κ3) is 5.79. The maximum Gasteiger partial charge on any atom is 0.243 e. The molecule has 0 heterocycles. The summed E-state index contributed by atoms with van der Waals surface area (Å²) in [5, 5.41) is 2.74. The zero-order chi connectivity index (χ0) is 20.0. The number of sulfonamides is 1. The van der Waals surface area contributed by atoms with Crippen LogP contribution in [0.2, 0.25) is 0 Å². The Hall–Kier alpha value is -2.41. The summed E-state index contributed by atoms with van der Waals surface area (Å²) in [7, 11) is -3.83. The number of hydrogen-bond donors (Lipinski definition) is 1. The molecule has 2 aromatic carbocycles. The van der Waals surface area contributed by atoms with Gasteiger partial charge in [0.2, 0.25) is 15.9 Å². The number of para-hydroxylation sites is 1. The highest BCUT2D eigenvalue weighted by molar-refractivity contribution is 7.92. The van der Waals surface area contributed by atoms with Gasteiger partial charge in [0.05, 0.1) is 11.9 Å². The summed E-state index contributed by atoms with van der Waals surface area (Å²) in [5.41, 5.74) is 2.23. The summed E-state index contributed by atoms with van der Waals surface area (Å²) in [6.07, 6.45) is 2.48. The van der Waals surface area contributed by atoms with Crippen LogP contribution in [0, 0.1) is 12.7 Å². The van der Waals surface area contributed by atoms with Crippen LogP contribution >= 0.6 is 0 Å². The first-order chi connectivity index (χ1) is 12.7. The fraction of sp³-hybridized carbons (Fsp3) is 0.350. The van der Waals surface area contributed by atoms with Gasteiger partial charge in [0.25, 0.3) is 0 Å². The minimum atomic E-state index is -3.83. The van der Waals surface area contributed by atoms with Gasteiger partial charge in [-0.25, -0.2) is 12.8 Å². The number of benzene rings is 2. The second-order valence-electron chi connectivity index (χ2n) is 6.57. The Labute approximate surface area is 160 Å². The summed E-state index contributed by atoms with van der Waals surface area (Å²) < 4.78 is 39.2. The molecule has 1 atom stereocenters. The Morgan fingerprint density at radius 3 is 2.37 bits per heavy atom. The summed E-state index contributed by atoms with van der Waals surface area (Å²) in [4.78, 5) is 12.4. The Balaban J connectivity index is 1.99. The van der Waals surface area contributed by atoms with E-state index < -0.39 is 27.8 Å². The molecule has 0 bridgehead atoms. The highest BCUT2D eigenvalue weighted by Crippen LogP contribution is 2.24. The van der Waals surface area contributed by atoms with Gasteiger partial charge in [0.1, 0.15) is 11.9 Å². The molecule has 7 heteroatoms. The summed E-state index contributed by atoms with van der Waals surface area (Å²) >= 11 is 0. The molecule has 5 nitrogen and oxygen atoms in total. The molecule has 0 saturated heterocycles. The highest BCUT2D eigenvalue weighted by atomic mass is 32.2. The molecule has 27 heavy (non-hydrogen) atoms. The SMILES string of the molecule is Cc1ccc(CCCNC(=O)C(C)N(c2ccccc2F)S(C)(=O)=O)cc1. The molecule has 1 unspecified atom stereocenters. The Kier molecular flexibility index (Phi) is 6.96. The number of carbonyl (C=O) groups excluding carboxylic acids is 1. The molecule has 0 aromatic heterocycles. The van der Waals surface area contributed by atoms with Gasteiger partial charge < -0.3 is 5.32 Å². The third-order valence-corrected chi connectivity index (χ3v) is 5.47. The van der Waals surface area contributed by atoms with E-state index in [0.717, 1.165) is 23.4 Å². The number of rotatable bonds is 8. The number of nitrogens with zero attached hydrogens (tertiary/aromatic N) is 1. The molecule has 0 aliphatic heterocycles. The van der Waals surface area contributed by atoms with Crippen molar-refractivity contribution in [1.82, 2.24) is 5.32 Å². The van der Waals surface area contributed by atoms with E-state index in [1.54, 1.807) is 0 Å². The lowest BCUT2D eigenvalue weighted by molar-refractivity contribution is -0.121. The maximum absolute atomic E-state index is 14.1. The first-order valence-electron chi connectivity index (χ1n) is 8.77. The van der Waals surface area contributed by atoms with Gasteiger partial charge in [-0.05, 0) is 44.4 Å². The zero-order valence-corrected chi connectivity index (χ0v) is 16.6. The first-order valence-corrected chi connectivity index (χ1v) is 10.6. The smallest absolute Gasteiger partial charge is 0.243 e. The van der Waals surface area contributed by atoms with Crippen molar-refractivity contribution in [3.63, 3.8) is 0 Å². The van der Waals surface area contributed by atoms with E-state index in [9.17, 15) is 17.6 Å². The van der Waals surface area contributed by atoms with Crippen molar-refractivity contribution in [3.8, 4) is 0 Å². The average Bonchev–Trinajstić information content (AvgIpc) is 2.60. The molecule has 2 rings (SSSR count). The third-order valence-electron chi connectivity index (χ3n) is 4.24. The van der Waals surface area contributed by atoms with Crippen LogP contribution in [0.5, 0.6) is 0 Å². The van der Waals surface area contributed by atoms with Gasteiger partial charge in [-0.15, -0.1) is 0 Å². The topological polar surface area (TPSA) is 66.5 Å². The number of carbonyl (C=O) groups is 1. The van der Waals surface area contributed by atoms with Crippen molar-refractivity contribution in [2.75, 3.05) is 17.1 Å². The van der Waals surface area contributed by atoms with Crippen LogP contribution in [0.25, 0.3) is 0 Å². The van der Waals surface area contributed by atoms with Crippen molar-refractivity contribution in [2.24, 2.45) is 0 Å². The molecular weight excluding hydrogens is 367 g/mol. The fourth-order valence-corrected chi connectivity index (χ4v) is 3.99. The maximum atomic E-state index is 14.1. The van der Waals surface area contributed by atoms with Gasteiger partial charge >= 0.3 is 0 Å². The van der Waals surface area contributed by atoms with E-state index in [1.807, 2.05) is 31.2 Å². The summed E-state index contributed by atoms with van der Waals surface area (Å²) in [6.45, 7) is 3.88. The molecule has 1 amide bonds. The predicted molar refractivity (Wildman–Crippen MR) is 106 cm³/mol. The number of halogens is 1. The van der Waals surface area contributed by atoms with Crippen LogP contribution in [0.15, 0.2) is 48.5 Å². The Morgan fingerprint density at radius 2 is 1.78 bits per heavy atom. The van der Waals surface area contributed by atoms with E-state index in [-0.39, 0.29) is 5.69 Å². The lowest BCUT2D eigenvalue weighted by atomic mass is 10.1. The number of hydrogen-bond acceptors (Lipinski definition) is 3. The number of aryl methyl sites for hydroxylation is 2. The zero-order valence-electron chi connectivity index (χ0n) is 15.8. The van der Waals surface area contributed by atoms with Gasteiger partial charge in [-0.2, -0.15) is 0 Å². The van der Waals surface area contributed by atoms with Crippen molar-refractivity contribution in [3.05, 3.63) is 65.5 Å². The molecule has 0 saturated carbocycles. The number of amides is 1. The van der Waals surface area contributed by atoms with Crippen LogP contribution in [0.3, 0.4) is 0 Å². The minimum absolute atomic E-state index is 0.137. The Bertz CT molecular complexity index is 882. The van der Waals surface area contributed by atoms with Crippen molar-refractivity contribution < 1.29 is 17.6 Å². The van der Waals surface area contributed by atoms with Crippen LogP contribution in [0.1, 0.15) is 24.5 Å². The molecule has 1 N–H and O–H groups in total. The van der Waals surface area contributed by atoms with Gasteiger partial charge in [-0.1, -0.05) is 42.0 Å². The number of anilines is 1. The van der Waals surface area contributed by atoms with Crippen molar-refractivity contribution >= 4 is 21.6 Å². The van der Waals surface area contributed by atoms with E-state index in [0.29, 0.717) is 6.54 Å². The predicted octanol–water partition coefficient (Wildman–Crippen LogP) is 3.04. The van der Waals surface area contributed by atoms with Crippen molar-refractivity contribution in [2.45, 2.75) is 32.7 Å². The summed E-state index contributed by atoms with van der Waals surface area (Å²) in [5.74, 6) is -1.16. The molecule has 0 aliphatic rings. The normalized spacial score (nSPS) is 12.4. The molecule has 0 fully saturated rings. The lowest BCUT2D eigenvalue weighted by Crippen LogP contribution is -2.48. The lowest BCUT2D eigenvalue weighted by Gasteiger charge is -2.28. The second kappa shape index (κ2) is 8.99. The first kappa shape index (κ1) is 20.9. The van der Waals surface area contributed by atoms with E-state index >= 15 is 0 Å². The highest BCUT2D eigenvalue weighted by Gasteiger charge is 2.30. The van der Waals surface area contributed by atoms with Crippen LogP contribution in [-0.2, 0) is 21.2 Å². The van der Waals surface area contributed by atoms with E-state index in [2.05, 4.69) is 5.32 Å².